The molecule has 0 radical (unpaired) electrons. The molecule has 0 unspecified atom stereocenters. The Balaban J connectivity index is 1.48. The molecule has 2 saturated heterocycles. The maximum absolute atomic E-state index is 4.64. The Bertz CT molecular complexity index is 653. The van der Waals surface area contributed by atoms with E-state index < -0.39 is 0 Å². The molecule has 116 valence electrons. The molecule has 4 rings (SSSR count). The molecule has 1 aromatic heterocycles. The Morgan fingerprint density at radius 1 is 1.00 bits per heavy atom. The minimum absolute atomic E-state index is 0.814. The molecule has 3 heteroatoms. The number of aromatic nitrogens is 1. The van der Waals surface area contributed by atoms with E-state index in [4.69, 9.17) is 0 Å². The highest BCUT2D eigenvalue weighted by Gasteiger charge is 2.26. The number of benzene rings is 1. The molecule has 0 atom stereocenters. The van der Waals surface area contributed by atoms with Gasteiger partial charge in [-0.15, -0.1) is 0 Å². The van der Waals surface area contributed by atoms with Crippen molar-refractivity contribution in [3.05, 3.63) is 36.0 Å². The third-order valence-corrected chi connectivity index (χ3v) is 5.31. The number of fused-ring (bicyclic) bond motifs is 1. The van der Waals surface area contributed by atoms with Gasteiger partial charge in [-0.05, 0) is 63.9 Å². The summed E-state index contributed by atoms with van der Waals surface area (Å²) in [4.78, 5) is 9.86. The molecule has 3 heterocycles. The van der Waals surface area contributed by atoms with Gasteiger partial charge in [0, 0.05) is 24.5 Å². The zero-order valence-corrected chi connectivity index (χ0v) is 13.5. The van der Waals surface area contributed by atoms with Crippen LogP contribution in [-0.2, 0) is 0 Å². The summed E-state index contributed by atoms with van der Waals surface area (Å²) in [6.45, 7) is 7.12. The lowest BCUT2D eigenvalue weighted by Gasteiger charge is -2.37. The summed E-state index contributed by atoms with van der Waals surface area (Å²) >= 11 is 0. The average molecular weight is 295 g/mol. The fraction of sp³-hybridized carbons (Fsp3) is 0.526. The fourth-order valence-corrected chi connectivity index (χ4v) is 4.01. The lowest BCUT2D eigenvalue weighted by atomic mass is 10.0. The van der Waals surface area contributed by atoms with Crippen LogP contribution in [0.3, 0.4) is 0 Å². The highest BCUT2D eigenvalue weighted by atomic mass is 15.2. The molecule has 2 aliphatic heterocycles. The first kappa shape index (κ1) is 14.0. The summed E-state index contributed by atoms with van der Waals surface area (Å²) in [7, 11) is 0. The largest absolute Gasteiger partial charge is 0.370 e. The van der Waals surface area contributed by atoms with Crippen molar-refractivity contribution in [2.45, 2.75) is 38.6 Å². The molecule has 1 aromatic carbocycles. The SMILES string of the molecule is Cc1ccc2ncc(N3CCC(N4CCCC4)CC3)cc2c1. The van der Waals surface area contributed by atoms with Crippen LogP contribution in [0.25, 0.3) is 10.9 Å². The third kappa shape index (κ3) is 2.70. The van der Waals surface area contributed by atoms with E-state index >= 15 is 0 Å². The van der Waals surface area contributed by atoms with Gasteiger partial charge in [0.2, 0.25) is 0 Å². The van der Waals surface area contributed by atoms with E-state index in [9.17, 15) is 0 Å². The quantitative estimate of drug-likeness (QED) is 0.844. The summed E-state index contributed by atoms with van der Waals surface area (Å²) in [5.74, 6) is 0. The van der Waals surface area contributed by atoms with Crippen LogP contribution in [0, 0.1) is 6.92 Å². The predicted molar refractivity (Wildman–Crippen MR) is 92.5 cm³/mol. The zero-order chi connectivity index (χ0) is 14.9. The Kier molecular flexibility index (Phi) is 3.75. The molecule has 2 aromatic rings. The Hall–Kier alpha value is -1.61. The molecule has 0 bridgehead atoms. The van der Waals surface area contributed by atoms with Crippen molar-refractivity contribution in [3.8, 4) is 0 Å². The number of rotatable bonds is 2. The Labute approximate surface area is 132 Å². The van der Waals surface area contributed by atoms with Crippen molar-refractivity contribution in [3.63, 3.8) is 0 Å². The van der Waals surface area contributed by atoms with Gasteiger partial charge in [0.25, 0.3) is 0 Å². The van der Waals surface area contributed by atoms with Gasteiger partial charge >= 0.3 is 0 Å². The Morgan fingerprint density at radius 2 is 1.77 bits per heavy atom. The second-order valence-corrected chi connectivity index (χ2v) is 6.85. The number of aryl methyl sites for hydroxylation is 1. The van der Waals surface area contributed by atoms with Gasteiger partial charge in [0.1, 0.15) is 0 Å². The molecular weight excluding hydrogens is 270 g/mol. The number of nitrogens with zero attached hydrogens (tertiary/aromatic N) is 3. The van der Waals surface area contributed by atoms with Crippen molar-refractivity contribution in [2.75, 3.05) is 31.1 Å². The highest BCUT2D eigenvalue weighted by molar-refractivity contribution is 5.82. The average Bonchev–Trinajstić information content (AvgIpc) is 3.09. The topological polar surface area (TPSA) is 19.4 Å². The van der Waals surface area contributed by atoms with Gasteiger partial charge in [0.05, 0.1) is 17.4 Å². The van der Waals surface area contributed by atoms with Crippen LogP contribution in [0.5, 0.6) is 0 Å². The smallest absolute Gasteiger partial charge is 0.0703 e. The van der Waals surface area contributed by atoms with E-state index in [-0.39, 0.29) is 0 Å². The second-order valence-electron chi connectivity index (χ2n) is 6.85. The highest BCUT2D eigenvalue weighted by Crippen LogP contribution is 2.26. The van der Waals surface area contributed by atoms with E-state index in [2.05, 4.69) is 46.0 Å². The maximum atomic E-state index is 4.64. The van der Waals surface area contributed by atoms with Crippen molar-refractivity contribution >= 4 is 16.6 Å². The minimum Gasteiger partial charge on any atom is -0.370 e. The summed E-state index contributed by atoms with van der Waals surface area (Å²) in [5, 5.41) is 1.26. The normalized spacial score (nSPS) is 20.9. The second kappa shape index (κ2) is 5.88. The standard InChI is InChI=1S/C19H25N3/c1-15-4-5-19-16(12-15)13-18(14-20-19)22-10-6-17(7-11-22)21-8-2-3-9-21/h4-5,12-14,17H,2-3,6-11H2,1H3. The van der Waals surface area contributed by atoms with E-state index in [1.54, 1.807) is 0 Å². The van der Waals surface area contributed by atoms with E-state index in [0.717, 1.165) is 11.6 Å². The van der Waals surface area contributed by atoms with E-state index in [1.807, 2.05) is 6.20 Å². The van der Waals surface area contributed by atoms with E-state index in [0.29, 0.717) is 0 Å². The van der Waals surface area contributed by atoms with Crippen molar-refractivity contribution < 1.29 is 0 Å². The van der Waals surface area contributed by atoms with Crippen molar-refractivity contribution in [2.24, 2.45) is 0 Å². The minimum atomic E-state index is 0.814. The van der Waals surface area contributed by atoms with Crippen LogP contribution in [0.15, 0.2) is 30.5 Å². The molecular formula is C19H25N3. The van der Waals surface area contributed by atoms with E-state index in [1.165, 1.54) is 68.5 Å². The number of pyridine rings is 1. The molecule has 0 amide bonds. The van der Waals surface area contributed by atoms with Crippen LogP contribution < -0.4 is 4.90 Å². The zero-order valence-electron chi connectivity index (χ0n) is 13.5. The third-order valence-electron chi connectivity index (χ3n) is 5.31. The summed E-state index contributed by atoms with van der Waals surface area (Å²) in [6, 6.07) is 9.62. The van der Waals surface area contributed by atoms with Gasteiger partial charge in [-0.2, -0.15) is 0 Å². The van der Waals surface area contributed by atoms with Gasteiger partial charge in [-0.3, -0.25) is 4.98 Å². The molecule has 3 nitrogen and oxygen atoms in total. The summed E-state index contributed by atoms with van der Waals surface area (Å²) in [5.41, 5.74) is 3.69. The maximum Gasteiger partial charge on any atom is 0.0703 e. The van der Waals surface area contributed by atoms with Crippen LogP contribution in [0.2, 0.25) is 0 Å². The lowest BCUT2D eigenvalue weighted by Crippen LogP contribution is -2.43. The fourth-order valence-electron chi connectivity index (χ4n) is 4.01. The van der Waals surface area contributed by atoms with Crippen LogP contribution in [0.4, 0.5) is 5.69 Å². The number of anilines is 1. The van der Waals surface area contributed by atoms with Crippen LogP contribution in [0.1, 0.15) is 31.2 Å². The Morgan fingerprint density at radius 3 is 2.55 bits per heavy atom. The number of hydrogen-bond donors (Lipinski definition) is 0. The molecule has 0 N–H and O–H groups in total. The lowest BCUT2D eigenvalue weighted by molar-refractivity contribution is 0.208. The molecule has 0 aliphatic carbocycles. The molecule has 2 aliphatic rings. The summed E-state index contributed by atoms with van der Waals surface area (Å²) < 4.78 is 0. The number of piperidine rings is 1. The molecule has 2 fully saturated rings. The number of hydrogen-bond acceptors (Lipinski definition) is 3. The van der Waals surface area contributed by atoms with Crippen molar-refractivity contribution in [1.82, 2.24) is 9.88 Å². The first-order chi connectivity index (χ1) is 10.8. The monoisotopic (exact) mass is 295 g/mol. The van der Waals surface area contributed by atoms with Gasteiger partial charge in [0.15, 0.2) is 0 Å². The first-order valence-corrected chi connectivity index (χ1v) is 8.65. The van der Waals surface area contributed by atoms with Crippen LogP contribution in [-0.4, -0.2) is 42.1 Å². The van der Waals surface area contributed by atoms with Gasteiger partial charge in [-0.25, -0.2) is 0 Å². The number of likely N-dealkylation sites (tertiary alicyclic amines) is 1. The van der Waals surface area contributed by atoms with Gasteiger partial charge < -0.3 is 9.80 Å². The predicted octanol–water partition coefficient (Wildman–Crippen LogP) is 3.61. The molecule has 0 saturated carbocycles. The molecule has 0 spiro atoms. The van der Waals surface area contributed by atoms with Crippen LogP contribution >= 0.6 is 0 Å². The van der Waals surface area contributed by atoms with Gasteiger partial charge in [-0.1, -0.05) is 11.6 Å². The van der Waals surface area contributed by atoms with Crippen molar-refractivity contribution in [1.29, 1.82) is 0 Å². The summed E-state index contributed by atoms with van der Waals surface area (Å²) in [6.07, 6.45) is 7.44. The molecule has 22 heavy (non-hydrogen) atoms. The first-order valence-electron chi connectivity index (χ1n) is 8.65.